The average molecular weight is 495 g/mol. The maximum atomic E-state index is 13.0. The number of hydrogen-bond donors (Lipinski definition) is 2. The van der Waals surface area contributed by atoms with E-state index in [0.29, 0.717) is 12.8 Å². The molecule has 0 spiro atoms. The smallest absolute Gasteiger partial charge is 0.350 e. The van der Waals surface area contributed by atoms with Crippen LogP contribution >= 0.6 is 11.3 Å². The molecule has 0 saturated carbocycles. The number of carbonyl (C=O) groups excluding carboxylic acids is 2. The number of nitrogens with one attached hydrogen (secondary N) is 1. The fourth-order valence-corrected chi connectivity index (χ4v) is 6.48. The summed E-state index contributed by atoms with van der Waals surface area (Å²) in [6.45, 7) is 4.02. The van der Waals surface area contributed by atoms with Crippen molar-refractivity contribution in [2.24, 2.45) is 5.92 Å². The Morgan fingerprint density at radius 3 is 2.48 bits per heavy atom. The number of hydrogen-bond acceptors (Lipinski definition) is 7. The van der Waals surface area contributed by atoms with Gasteiger partial charge in [0, 0.05) is 19.7 Å². The Morgan fingerprint density at radius 2 is 1.88 bits per heavy atom. The lowest BCUT2D eigenvalue weighted by atomic mass is 10.00. The van der Waals surface area contributed by atoms with Gasteiger partial charge in [-0.2, -0.15) is 4.31 Å². The number of benzene rings is 1. The van der Waals surface area contributed by atoms with Gasteiger partial charge in [-0.25, -0.2) is 13.2 Å². The van der Waals surface area contributed by atoms with Crippen LogP contribution in [0, 0.1) is 5.92 Å². The number of aliphatic hydroxyl groups is 1. The van der Waals surface area contributed by atoms with Crippen LogP contribution in [-0.2, 0) is 26.0 Å². The second-order valence-electron chi connectivity index (χ2n) is 8.10. The summed E-state index contributed by atoms with van der Waals surface area (Å²) in [4.78, 5) is 24.7. The van der Waals surface area contributed by atoms with E-state index in [2.05, 4.69) is 12.2 Å². The SMILES string of the molecule is CCc1ccc([C@@H](C)NC(=O)COC(=O)c2sccc2S(=O)(=O)N2CCC(CO)CC2)cc1. The summed E-state index contributed by atoms with van der Waals surface area (Å²) < 4.78 is 32.5. The lowest BCUT2D eigenvalue weighted by Crippen LogP contribution is -2.39. The molecule has 0 unspecified atom stereocenters. The van der Waals surface area contributed by atoms with Crippen LogP contribution in [0.5, 0.6) is 0 Å². The Bertz CT molecular complexity index is 1060. The Morgan fingerprint density at radius 1 is 1.21 bits per heavy atom. The van der Waals surface area contributed by atoms with Gasteiger partial charge in [-0.3, -0.25) is 4.79 Å². The van der Waals surface area contributed by atoms with Gasteiger partial charge in [-0.1, -0.05) is 31.2 Å². The topological polar surface area (TPSA) is 113 Å². The van der Waals surface area contributed by atoms with E-state index in [-0.39, 0.29) is 41.4 Å². The van der Waals surface area contributed by atoms with Crippen LogP contribution < -0.4 is 5.32 Å². The first-order valence-electron chi connectivity index (χ1n) is 11.0. The Labute approximate surface area is 198 Å². The highest BCUT2D eigenvalue weighted by molar-refractivity contribution is 7.89. The van der Waals surface area contributed by atoms with Crippen molar-refractivity contribution < 1.29 is 27.9 Å². The van der Waals surface area contributed by atoms with Crippen molar-refractivity contribution in [3.8, 4) is 0 Å². The van der Waals surface area contributed by atoms with E-state index in [1.165, 1.54) is 21.3 Å². The molecule has 2 N–H and O–H groups in total. The highest BCUT2D eigenvalue weighted by Gasteiger charge is 2.33. The number of piperidine rings is 1. The lowest BCUT2D eigenvalue weighted by Gasteiger charge is -2.30. The largest absolute Gasteiger partial charge is 0.451 e. The number of ether oxygens (including phenoxy) is 1. The molecule has 180 valence electrons. The fourth-order valence-electron chi connectivity index (χ4n) is 3.73. The number of aliphatic hydroxyl groups excluding tert-OH is 1. The first-order chi connectivity index (χ1) is 15.8. The quantitative estimate of drug-likeness (QED) is 0.519. The standard InChI is InChI=1S/C23H30N2O6S2/c1-3-17-4-6-19(7-5-17)16(2)24-21(27)15-31-23(28)22-20(10-13-32-22)33(29,30)25-11-8-18(14-26)9-12-25/h4-7,10,13,16,18,26H,3,8-9,11-12,14-15H2,1-2H3,(H,24,27)/t16-/m1/s1. The van der Waals surface area contributed by atoms with E-state index in [9.17, 15) is 23.1 Å². The summed E-state index contributed by atoms with van der Waals surface area (Å²) in [5.41, 5.74) is 2.13. The van der Waals surface area contributed by atoms with Crippen molar-refractivity contribution in [1.82, 2.24) is 9.62 Å². The molecule has 1 fully saturated rings. The second kappa shape index (κ2) is 11.2. The van der Waals surface area contributed by atoms with Crippen molar-refractivity contribution >= 4 is 33.2 Å². The third kappa shape index (κ3) is 6.20. The fraction of sp³-hybridized carbons (Fsp3) is 0.478. The summed E-state index contributed by atoms with van der Waals surface area (Å²) in [5.74, 6) is -1.22. The van der Waals surface area contributed by atoms with Gasteiger partial charge in [0.1, 0.15) is 9.77 Å². The predicted molar refractivity (Wildman–Crippen MR) is 126 cm³/mol. The molecule has 0 bridgehead atoms. The number of amides is 1. The van der Waals surface area contributed by atoms with E-state index in [1.807, 2.05) is 31.2 Å². The number of aryl methyl sites for hydroxylation is 1. The Balaban J connectivity index is 1.58. The summed E-state index contributed by atoms with van der Waals surface area (Å²) in [6.07, 6.45) is 2.07. The molecule has 1 atom stereocenters. The van der Waals surface area contributed by atoms with E-state index in [0.717, 1.165) is 23.3 Å². The van der Waals surface area contributed by atoms with Crippen molar-refractivity contribution in [3.05, 3.63) is 51.7 Å². The Hall–Kier alpha value is -2.27. The van der Waals surface area contributed by atoms with Gasteiger partial charge in [0.15, 0.2) is 6.61 Å². The highest BCUT2D eigenvalue weighted by atomic mass is 32.2. The van der Waals surface area contributed by atoms with Crippen LogP contribution in [0.1, 0.15) is 53.5 Å². The normalized spacial score (nSPS) is 16.3. The number of thiophene rings is 1. The zero-order valence-corrected chi connectivity index (χ0v) is 20.5. The van der Waals surface area contributed by atoms with E-state index >= 15 is 0 Å². The first kappa shape index (κ1) is 25.4. The molecule has 1 saturated heterocycles. The zero-order valence-electron chi connectivity index (χ0n) is 18.8. The van der Waals surface area contributed by atoms with E-state index in [1.54, 1.807) is 0 Å². The van der Waals surface area contributed by atoms with Crippen molar-refractivity contribution in [1.29, 1.82) is 0 Å². The van der Waals surface area contributed by atoms with Crippen LogP contribution in [0.3, 0.4) is 0 Å². The third-order valence-electron chi connectivity index (χ3n) is 5.86. The highest BCUT2D eigenvalue weighted by Crippen LogP contribution is 2.29. The van der Waals surface area contributed by atoms with Gasteiger partial charge in [0.25, 0.3) is 5.91 Å². The van der Waals surface area contributed by atoms with Gasteiger partial charge in [0.2, 0.25) is 10.0 Å². The summed E-state index contributed by atoms with van der Waals surface area (Å²) in [6, 6.07) is 9.02. The van der Waals surface area contributed by atoms with Gasteiger partial charge >= 0.3 is 5.97 Å². The summed E-state index contributed by atoms with van der Waals surface area (Å²) >= 11 is 0.967. The molecular weight excluding hydrogens is 464 g/mol. The first-order valence-corrected chi connectivity index (χ1v) is 13.3. The van der Waals surface area contributed by atoms with Gasteiger partial charge < -0.3 is 15.2 Å². The molecular formula is C23H30N2O6S2. The van der Waals surface area contributed by atoms with Crippen molar-refractivity contribution in [3.63, 3.8) is 0 Å². The van der Waals surface area contributed by atoms with Gasteiger partial charge in [0.05, 0.1) is 6.04 Å². The molecule has 1 aromatic heterocycles. The molecule has 2 heterocycles. The van der Waals surface area contributed by atoms with Crippen molar-refractivity contribution in [2.75, 3.05) is 26.3 Å². The van der Waals surface area contributed by atoms with Crippen molar-refractivity contribution in [2.45, 2.75) is 44.0 Å². The zero-order chi connectivity index (χ0) is 24.0. The number of carbonyl (C=O) groups is 2. The molecule has 8 nitrogen and oxygen atoms in total. The van der Waals surface area contributed by atoms with E-state index in [4.69, 9.17) is 4.74 Å². The third-order valence-corrected chi connectivity index (χ3v) is 8.83. The number of esters is 1. The minimum absolute atomic E-state index is 0.0364. The molecule has 1 amide bonds. The predicted octanol–water partition coefficient (Wildman–Crippen LogP) is 2.74. The number of sulfonamides is 1. The van der Waals surface area contributed by atoms with E-state index < -0.39 is 28.5 Å². The molecule has 33 heavy (non-hydrogen) atoms. The van der Waals surface area contributed by atoms with Crippen LogP contribution in [0.15, 0.2) is 40.6 Å². The minimum atomic E-state index is -3.86. The number of nitrogens with zero attached hydrogens (tertiary/aromatic N) is 1. The molecule has 1 aromatic carbocycles. The van der Waals surface area contributed by atoms with Crippen LogP contribution in [0.4, 0.5) is 0 Å². The maximum Gasteiger partial charge on any atom is 0.350 e. The van der Waals surface area contributed by atoms with Crippen LogP contribution in [0.25, 0.3) is 0 Å². The van der Waals surface area contributed by atoms with Crippen LogP contribution in [-0.4, -0.2) is 56.0 Å². The molecule has 2 aromatic rings. The summed E-state index contributed by atoms with van der Waals surface area (Å²) in [5, 5.41) is 13.6. The second-order valence-corrected chi connectivity index (χ2v) is 10.9. The molecule has 0 aliphatic carbocycles. The van der Waals surface area contributed by atoms with Gasteiger partial charge in [-0.05, 0) is 54.7 Å². The maximum absolute atomic E-state index is 13.0. The molecule has 0 radical (unpaired) electrons. The number of rotatable bonds is 9. The summed E-state index contributed by atoms with van der Waals surface area (Å²) in [7, 11) is -3.86. The molecule has 3 rings (SSSR count). The van der Waals surface area contributed by atoms with Crippen LogP contribution in [0.2, 0.25) is 0 Å². The molecule has 1 aliphatic heterocycles. The monoisotopic (exact) mass is 494 g/mol. The average Bonchev–Trinajstić information content (AvgIpc) is 3.34. The molecule has 10 heteroatoms. The van der Waals surface area contributed by atoms with Gasteiger partial charge in [-0.15, -0.1) is 11.3 Å². The Kier molecular flexibility index (Phi) is 8.63. The minimum Gasteiger partial charge on any atom is -0.451 e. The lowest BCUT2D eigenvalue weighted by molar-refractivity contribution is -0.124. The molecule has 1 aliphatic rings.